The zero-order valence-corrected chi connectivity index (χ0v) is 13.8. The van der Waals surface area contributed by atoms with Crippen LogP contribution in [0.1, 0.15) is 44.3 Å². The molecular formula is C16H18N2O2S2. The van der Waals surface area contributed by atoms with Gasteiger partial charge in [0.05, 0.1) is 4.88 Å². The molecule has 2 heterocycles. The Morgan fingerprint density at radius 3 is 2.91 bits per heavy atom. The van der Waals surface area contributed by atoms with Gasteiger partial charge in [-0.25, -0.2) is 0 Å². The van der Waals surface area contributed by atoms with Gasteiger partial charge in [0.15, 0.2) is 0 Å². The van der Waals surface area contributed by atoms with E-state index in [1.165, 1.54) is 33.1 Å². The second-order valence-electron chi connectivity index (χ2n) is 5.35. The Morgan fingerprint density at radius 1 is 1.23 bits per heavy atom. The van der Waals surface area contributed by atoms with Gasteiger partial charge in [0.1, 0.15) is 0 Å². The molecule has 2 amide bonds. The molecule has 22 heavy (non-hydrogen) atoms. The third-order valence-electron chi connectivity index (χ3n) is 3.69. The minimum atomic E-state index is -0.217. The van der Waals surface area contributed by atoms with Gasteiger partial charge in [0.25, 0.3) is 5.91 Å². The predicted molar refractivity (Wildman–Crippen MR) is 89.2 cm³/mol. The van der Waals surface area contributed by atoms with E-state index >= 15 is 0 Å². The average Bonchev–Trinajstić information content (AvgIpc) is 3.20. The molecule has 4 nitrogen and oxygen atoms in total. The molecule has 0 fully saturated rings. The molecule has 0 saturated heterocycles. The molecule has 1 aliphatic rings. The minimum Gasteiger partial charge on any atom is -0.273 e. The first kappa shape index (κ1) is 15.2. The van der Waals surface area contributed by atoms with Crippen LogP contribution in [0.4, 0.5) is 0 Å². The summed E-state index contributed by atoms with van der Waals surface area (Å²) in [4.78, 5) is 27.0. The van der Waals surface area contributed by atoms with Crippen LogP contribution in [-0.4, -0.2) is 11.8 Å². The van der Waals surface area contributed by atoms with E-state index in [1.54, 1.807) is 11.3 Å². The Labute approximate surface area is 137 Å². The lowest BCUT2D eigenvalue weighted by Gasteiger charge is -2.06. The van der Waals surface area contributed by atoms with Gasteiger partial charge in [0.2, 0.25) is 5.91 Å². The molecule has 0 spiro atoms. The van der Waals surface area contributed by atoms with Crippen molar-refractivity contribution in [2.45, 2.75) is 38.5 Å². The maximum absolute atomic E-state index is 12.0. The minimum absolute atomic E-state index is 0.144. The lowest BCUT2D eigenvalue weighted by atomic mass is 10.2. The highest BCUT2D eigenvalue weighted by atomic mass is 32.1. The summed E-state index contributed by atoms with van der Waals surface area (Å²) in [5.41, 5.74) is 6.29. The molecule has 0 atom stereocenters. The van der Waals surface area contributed by atoms with Crippen LogP contribution >= 0.6 is 22.7 Å². The first-order chi connectivity index (χ1) is 10.7. The molecule has 1 aliphatic carbocycles. The topological polar surface area (TPSA) is 58.2 Å². The molecule has 2 N–H and O–H groups in total. The van der Waals surface area contributed by atoms with Crippen molar-refractivity contribution in [2.24, 2.45) is 0 Å². The maximum Gasteiger partial charge on any atom is 0.279 e. The second-order valence-corrected chi connectivity index (χ2v) is 7.52. The van der Waals surface area contributed by atoms with Crippen molar-refractivity contribution >= 4 is 34.5 Å². The van der Waals surface area contributed by atoms with Crippen LogP contribution in [0.15, 0.2) is 23.6 Å². The summed E-state index contributed by atoms with van der Waals surface area (Å²) >= 11 is 3.24. The van der Waals surface area contributed by atoms with Gasteiger partial charge in [-0.3, -0.25) is 20.4 Å². The number of carbonyl (C=O) groups is 2. The van der Waals surface area contributed by atoms with E-state index in [4.69, 9.17) is 0 Å². The van der Waals surface area contributed by atoms with Gasteiger partial charge >= 0.3 is 0 Å². The smallest absolute Gasteiger partial charge is 0.273 e. The molecule has 0 bridgehead atoms. The van der Waals surface area contributed by atoms with Crippen molar-refractivity contribution in [3.8, 4) is 0 Å². The van der Waals surface area contributed by atoms with E-state index in [-0.39, 0.29) is 11.8 Å². The highest BCUT2D eigenvalue weighted by molar-refractivity contribution is 7.14. The van der Waals surface area contributed by atoms with Crippen molar-refractivity contribution in [2.75, 3.05) is 0 Å². The molecule has 116 valence electrons. The van der Waals surface area contributed by atoms with Crippen LogP contribution in [0.5, 0.6) is 0 Å². The number of hydrogen-bond acceptors (Lipinski definition) is 4. The van der Waals surface area contributed by atoms with Crippen molar-refractivity contribution in [3.63, 3.8) is 0 Å². The first-order valence-electron chi connectivity index (χ1n) is 7.45. The third kappa shape index (κ3) is 3.75. The fourth-order valence-corrected chi connectivity index (χ4v) is 4.47. The molecular weight excluding hydrogens is 316 g/mol. The summed E-state index contributed by atoms with van der Waals surface area (Å²) in [6.07, 6.45) is 5.42. The van der Waals surface area contributed by atoms with E-state index < -0.39 is 0 Å². The second kappa shape index (κ2) is 7.07. The Hall–Kier alpha value is -1.66. The highest BCUT2D eigenvalue weighted by Crippen LogP contribution is 2.30. The van der Waals surface area contributed by atoms with E-state index in [1.807, 2.05) is 17.5 Å². The predicted octanol–water partition coefficient (Wildman–Crippen LogP) is 3.08. The van der Waals surface area contributed by atoms with Gasteiger partial charge in [-0.1, -0.05) is 6.07 Å². The molecule has 2 aromatic rings. The van der Waals surface area contributed by atoms with Crippen molar-refractivity contribution in [1.82, 2.24) is 10.9 Å². The van der Waals surface area contributed by atoms with Crippen LogP contribution in [0, 0.1) is 0 Å². The fourth-order valence-electron chi connectivity index (χ4n) is 2.57. The quantitative estimate of drug-likeness (QED) is 0.826. The lowest BCUT2D eigenvalue weighted by Crippen LogP contribution is -2.41. The summed E-state index contributed by atoms with van der Waals surface area (Å²) in [6.45, 7) is 0. The Balaban J connectivity index is 1.39. The van der Waals surface area contributed by atoms with Gasteiger partial charge in [-0.15, -0.1) is 22.7 Å². The van der Waals surface area contributed by atoms with Gasteiger partial charge in [-0.2, -0.15) is 0 Å². The lowest BCUT2D eigenvalue weighted by molar-refractivity contribution is -0.121. The maximum atomic E-state index is 12.0. The summed E-state index contributed by atoms with van der Waals surface area (Å²) in [6, 6.07) is 6.03. The zero-order chi connectivity index (χ0) is 15.4. The standard InChI is InChI=1S/C16H18N2O2S2/c19-15(8-2-5-12-6-3-9-21-12)17-18-16(20)14-10-11-4-1-7-13(11)22-14/h3,6,9-10H,1-2,4-5,7-8H2,(H,17,19)(H,18,20). The van der Waals surface area contributed by atoms with Crippen LogP contribution in [0.3, 0.4) is 0 Å². The summed E-state index contributed by atoms with van der Waals surface area (Å²) < 4.78 is 0. The number of fused-ring (bicyclic) bond motifs is 1. The van der Waals surface area contributed by atoms with Crippen LogP contribution < -0.4 is 10.9 Å². The van der Waals surface area contributed by atoms with Crippen molar-refractivity contribution in [3.05, 3.63) is 43.8 Å². The van der Waals surface area contributed by atoms with Crippen LogP contribution in [-0.2, 0) is 24.1 Å². The van der Waals surface area contributed by atoms with E-state index in [0.29, 0.717) is 11.3 Å². The summed E-state index contributed by atoms with van der Waals surface area (Å²) in [5.74, 6) is -0.361. The molecule has 0 aliphatic heterocycles. The highest BCUT2D eigenvalue weighted by Gasteiger charge is 2.18. The van der Waals surface area contributed by atoms with Gasteiger partial charge in [-0.05, 0) is 55.2 Å². The van der Waals surface area contributed by atoms with Crippen LogP contribution in [0.25, 0.3) is 0 Å². The monoisotopic (exact) mass is 334 g/mol. The normalized spacial score (nSPS) is 12.9. The first-order valence-corrected chi connectivity index (χ1v) is 9.15. The van der Waals surface area contributed by atoms with Gasteiger partial charge < -0.3 is 0 Å². The third-order valence-corrected chi connectivity index (χ3v) is 5.86. The van der Waals surface area contributed by atoms with Crippen LogP contribution in [0.2, 0.25) is 0 Å². The molecule has 2 aromatic heterocycles. The number of hydrazine groups is 1. The Morgan fingerprint density at radius 2 is 2.14 bits per heavy atom. The van der Waals surface area contributed by atoms with Crippen molar-refractivity contribution in [1.29, 1.82) is 0 Å². The molecule has 0 saturated carbocycles. The molecule has 0 aromatic carbocycles. The summed E-state index contributed by atoms with van der Waals surface area (Å²) in [5, 5.41) is 2.04. The number of aryl methyl sites for hydroxylation is 3. The Kier molecular flexibility index (Phi) is 4.90. The largest absolute Gasteiger partial charge is 0.279 e. The number of amides is 2. The van der Waals surface area contributed by atoms with Gasteiger partial charge in [0, 0.05) is 16.2 Å². The van der Waals surface area contributed by atoms with E-state index in [0.717, 1.165) is 25.7 Å². The van der Waals surface area contributed by atoms with E-state index in [2.05, 4.69) is 16.9 Å². The molecule has 3 rings (SSSR count). The number of rotatable bonds is 5. The zero-order valence-electron chi connectivity index (χ0n) is 12.2. The van der Waals surface area contributed by atoms with E-state index in [9.17, 15) is 9.59 Å². The van der Waals surface area contributed by atoms with Crippen molar-refractivity contribution < 1.29 is 9.59 Å². The number of nitrogens with one attached hydrogen (secondary N) is 2. The number of thiophene rings is 2. The average molecular weight is 334 g/mol. The fraction of sp³-hybridized carbons (Fsp3) is 0.375. The molecule has 0 unspecified atom stereocenters. The summed E-state index contributed by atoms with van der Waals surface area (Å²) in [7, 11) is 0. The Bertz CT molecular complexity index is 640. The number of hydrogen-bond donors (Lipinski definition) is 2. The molecule has 0 radical (unpaired) electrons. The molecule has 6 heteroatoms. The number of carbonyl (C=O) groups excluding carboxylic acids is 2. The SMILES string of the molecule is O=C(CCCc1cccs1)NNC(=O)c1cc2c(s1)CCC2.